The number of nitrogens with two attached hydrogens (primary N) is 1. The Labute approximate surface area is 107 Å². The molecule has 18 heavy (non-hydrogen) atoms. The van der Waals surface area contributed by atoms with Gasteiger partial charge in [0.15, 0.2) is 0 Å². The number of carbonyl (C=O) groups excluding carboxylic acids is 1. The Morgan fingerprint density at radius 2 is 1.72 bits per heavy atom. The lowest BCUT2D eigenvalue weighted by molar-refractivity contribution is 0.0743. The smallest absolute Gasteiger partial charge is 0.256 e. The molecule has 98 valence electrons. The molecule has 0 aliphatic carbocycles. The summed E-state index contributed by atoms with van der Waals surface area (Å²) in [6.07, 6.45) is 5.58. The summed E-state index contributed by atoms with van der Waals surface area (Å²) in [5, 5.41) is 0. The fourth-order valence-corrected chi connectivity index (χ4v) is 2.33. The summed E-state index contributed by atoms with van der Waals surface area (Å²) in [7, 11) is 0. The van der Waals surface area contributed by atoms with Gasteiger partial charge in [-0.3, -0.25) is 4.79 Å². The number of amides is 1. The van der Waals surface area contributed by atoms with Gasteiger partial charge in [-0.2, -0.15) is 0 Å². The minimum absolute atomic E-state index is 0.145. The Balaban J connectivity index is 2.15. The third-order valence-electron chi connectivity index (χ3n) is 3.39. The molecule has 0 aromatic heterocycles. The molecule has 0 spiro atoms. The molecule has 1 aromatic carbocycles. The highest BCUT2D eigenvalue weighted by Gasteiger charge is 2.19. The number of rotatable bonds is 1. The van der Waals surface area contributed by atoms with Crippen LogP contribution in [-0.2, 0) is 0 Å². The van der Waals surface area contributed by atoms with Crippen LogP contribution in [0.5, 0.6) is 0 Å². The van der Waals surface area contributed by atoms with E-state index >= 15 is 0 Å². The summed E-state index contributed by atoms with van der Waals surface area (Å²) in [6.45, 7) is 1.49. The van der Waals surface area contributed by atoms with Gasteiger partial charge in [0, 0.05) is 18.8 Å². The monoisotopic (exact) mass is 250 g/mol. The molecule has 1 aliphatic heterocycles. The van der Waals surface area contributed by atoms with Crippen molar-refractivity contribution < 1.29 is 9.18 Å². The van der Waals surface area contributed by atoms with Crippen molar-refractivity contribution in [2.75, 3.05) is 18.8 Å². The quantitative estimate of drug-likeness (QED) is 0.779. The second kappa shape index (κ2) is 5.85. The van der Waals surface area contributed by atoms with E-state index < -0.39 is 5.82 Å². The topological polar surface area (TPSA) is 46.3 Å². The van der Waals surface area contributed by atoms with E-state index in [0.717, 1.165) is 38.8 Å². The first kappa shape index (κ1) is 12.9. The van der Waals surface area contributed by atoms with Crippen molar-refractivity contribution in [2.24, 2.45) is 0 Å². The molecule has 1 saturated heterocycles. The molecule has 0 atom stereocenters. The fraction of sp³-hybridized carbons (Fsp3) is 0.500. The van der Waals surface area contributed by atoms with Gasteiger partial charge in [-0.1, -0.05) is 19.3 Å². The molecule has 0 unspecified atom stereocenters. The van der Waals surface area contributed by atoms with Gasteiger partial charge in [0.25, 0.3) is 5.91 Å². The maximum absolute atomic E-state index is 13.2. The standard InChI is InChI=1S/C14H19FN2O/c15-11-6-7-13(16)12(10-11)14(18)17-8-4-2-1-3-5-9-17/h6-7,10H,1-5,8-9,16H2. The predicted octanol–water partition coefficient (Wildman–Crippen LogP) is 2.81. The second-order valence-electron chi connectivity index (χ2n) is 4.79. The highest BCUT2D eigenvalue weighted by atomic mass is 19.1. The van der Waals surface area contributed by atoms with Crippen LogP contribution in [-0.4, -0.2) is 23.9 Å². The van der Waals surface area contributed by atoms with Crippen molar-refractivity contribution in [3.63, 3.8) is 0 Å². The molecule has 1 amide bonds. The second-order valence-corrected chi connectivity index (χ2v) is 4.79. The van der Waals surface area contributed by atoms with E-state index in [-0.39, 0.29) is 11.5 Å². The molecule has 1 aromatic rings. The van der Waals surface area contributed by atoms with Gasteiger partial charge < -0.3 is 10.6 Å². The molecule has 1 fully saturated rings. The third-order valence-corrected chi connectivity index (χ3v) is 3.39. The number of benzene rings is 1. The zero-order chi connectivity index (χ0) is 13.0. The van der Waals surface area contributed by atoms with Crippen LogP contribution in [0.4, 0.5) is 10.1 Å². The van der Waals surface area contributed by atoms with Crippen molar-refractivity contribution in [3.05, 3.63) is 29.6 Å². The zero-order valence-corrected chi connectivity index (χ0v) is 10.5. The van der Waals surface area contributed by atoms with Crippen molar-refractivity contribution in [3.8, 4) is 0 Å². The maximum atomic E-state index is 13.2. The van der Waals surface area contributed by atoms with Gasteiger partial charge in [-0.25, -0.2) is 4.39 Å². The van der Waals surface area contributed by atoms with Crippen molar-refractivity contribution >= 4 is 11.6 Å². The Hall–Kier alpha value is -1.58. The van der Waals surface area contributed by atoms with Gasteiger partial charge in [0.05, 0.1) is 5.56 Å². The van der Waals surface area contributed by atoms with Gasteiger partial charge in [0.1, 0.15) is 5.82 Å². The lowest BCUT2D eigenvalue weighted by atomic mass is 10.1. The number of nitrogens with zero attached hydrogens (tertiary/aromatic N) is 1. The zero-order valence-electron chi connectivity index (χ0n) is 10.5. The minimum Gasteiger partial charge on any atom is -0.398 e. The van der Waals surface area contributed by atoms with E-state index in [1.165, 1.54) is 24.6 Å². The first-order chi connectivity index (χ1) is 8.68. The number of hydrogen-bond acceptors (Lipinski definition) is 2. The summed E-state index contributed by atoms with van der Waals surface area (Å²) in [6, 6.07) is 3.96. The summed E-state index contributed by atoms with van der Waals surface area (Å²) >= 11 is 0. The minimum atomic E-state index is -0.417. The van der Waals surface area contributed by atoms with E-state index in [1.807, 2.05) is 0 Å². The first-order valence-corrected chi connectivity index (χ1v) is 6.53. The number of halogens is 1. The Morgan fingerprint density at radius 1 is 1.11 bits per heavy atom. The molecular weight excluding hydrogens is 231 g/mol. The SMILES string of the molecule is Nc1ccc(F)cc1C(=O)N1CCCCCCC1. The van der Waals surface area contributed by atoms with Gasteiger partial charge in [-0.05, 0) is 31.0 Å². The van der Waals surface area contributed by atoms with E-state index in [1.54, 1.807) is 4.90 Å². The summed E-state index contributed by atoms with van der Waals surface area (Å²) in [5.41, 5.74) is 6.39. The van der Waals surface area contributed by atoms with Crippen LogP contribution >= 0.6 is 0 Å². The van der Waals surface area contributed by atoms with E-state index in [9.17, 15) is 9.18 Å². The van der Waals surface area contributed by atoms with Gasteiger partial charge >= 0.3 is 0 Å². The van der Waals surface area contributed by atoms with Crippen LogP contribution in [0.2, 0.25) is 0 Å². The number of carbonyl (C=O) groups is 1. The highest BCUT2D eigenvalue weighted by Crippen LogP contribution is 2.18. The Kier molecular flexibility index (Phi) is 4.18. The molecule has 1 heterocycles. The summed E-state index contributed by atoms with van der Waals surface area (Å²) < 4.78 is 13.2. The number of anilines is 1. The van der Waals surface area contributed by atoms with Crippen LogP contribution in [0.1, 0.15) is 42.5 Å². The Morgan fingerprint density at radius 3 is 2.39 bits per heavy atom. The lowest BCUT2D eigenvalue weighted by Crippen LogP contribution is -2.34. The normalized spacial score (nSPS) is 17.1. The van der Waals surface area contributed by atoms with Crippen LogP contribution in [0.3, 0.4) is 0 Å². The summed E-state index contributed by atoms with van der Waals surface area (Å²) in [5.74, 6) is -0.562. The van der Waals surface area contributed by atoms with Gasteiger partial charge in [-0.15, -0.1) is 0 Å². The average Bonchev–Trinajstić information content (AvgIpc) is 2.31. The number of likely N-dealkylation sites (tertiary alicyclic amines) is 1. The molecule has 0 saturated carbocycles. The fourth-order valence-electron chi connectivity index (χ4n) is 2.33. The van der Waals surface area contributed by atoms with Crippen LogP contribution in [0.15, 0.2) is 18.2 Å². The predicted molar refractivity (Wildman–Crippen MR) is 69.8 cm³/mol. The lowest BCUT2D eigenvalue weighted by Gasteiger charge is -2.25. The highest BCUT2D eigenvalue weighted by molar-refractivity contribution is 5.99. The van der Waals surface area contributed by atoms with Crippen LogP contribution < -0.4 is 5.73 Å². The molecule has 0 radical (unpaired) electrons. The molecular formula is C14H19FN2O. The number of nitrogen functional groups attached to an aromatic ring is 1. The van der Waals surface area contributed by atoms with Crippen LogP contribution in [0, 0.1) is 5.82 Å². The average molecular weight is 250 g/mol. The molecule has 3 nitrogen and oxygen atoms in total. The van der Waals surface area contributed by atoms with Crippen LogP contribution in [0.25, 0.3) is 0 Å². The summed E-state index contributed by atoms with van der Waals surface area (Å²) in [4.78, 5) is 14.1. The van der Waals surface area contributed by atoms with Crippen molar-refractivity contribution in [2.45, 2.75) is 32.1 Å². The third kappa shape index (κ3) is 3.00. The molecule has 0 bridgehead atoms. The Bertz CT molecular complexity index is 426. The molecule has 2 rings (SSSR count). The van der Waals surface area contributed by atoms with E-state index in [0.29, 0.717) is 5.69 Å². The maximum Gasteiger partial charge on any atom is 0.256 e. The molecule has 4 heteroatoms. The largest absolute Gasteiger partial charge is 0.398 e. The van der Waals surface area contributed by atoms with E-state index in [4.69, 9.17) is 5.73 Å². The first-order valence-electron chi connectivity index (χ1n) is 6.53. The van der Waals surface area contributed by atoms with Crippen molar-refractivity contribution in [1.29, 1.82) is 0 Å². The number of hydrogen-bond donors (Lipinski definition) is 1. The van der Waals surface area contributed by atoms with Gasteiger partial charge in [0.2, 0.25) is 0 Å². The van der Waals surface area contributed by atoms with E-state index in [2.05, 4.69) is 0 Å². The van der Waals surface area contributed by atoms with Crippen molar-refractivity contribution in [1.82, 2.24) is 4.90 Å². The molecule has 2 N–H and O–H groups in total. The molecule has 1 aliphatic rings.